The SMILES string of the molecule is COC(=O)COc1cc2c(c(OCC(=O)OC)c1)C(=O)O[C@@H](C)[C@H](C)CCC(=O)C(=O)C(=O)CCC2. The summed E-state index contributed by atoms with van der Waals surface area (Å²) in [5, 5.41) is 0. The number of aryl methyl sites for hydroxylation is 1. The Morgan fingerprint density at radius 1 is 0.889 bits per heavy atom. The summed E-state index contributed by atoms with van der Waals surface area (Å²) in [6, 6.07) is 2.80. The summed E-state index contributed by atoms with van der Waals surface area (Å²) in [6.07, 6.45) is -0.511. The zero-order valence-electron chi connectivity index (χ0n) is 20.7. The quantitative estimate of drug-likeness (QED) is 0.316. The second-order valence-corrected chi connectivity index (χ2v) is 8.34. The van der Waals surface area contributed by atoms with Gasteiger partial charge in [0.1, 0.15) is 23.2 Å². The second-order valence-electron chi connectivity index (χ2n) is 8.34. The molecule has 0 amide bonds. The number of benzene rings is 1. The third kappa shape index (κ3) is 7.89. The molecular formula is C25H30O11. The van der Waals surface area contributed by atoms with Crippen molar-refractivity contribution >= 4 is 35.3 Å². The topological polar surface area (TPSA) is 149 Å². The molecule has 0 saturated carbocycles. The van der Waals surface area contributed by atoms with Gasteiger partial charge in [-0.15, -0.1) is 0 Å². The monoisotopic (exact) mass is 506 g/mol. The summed E-state index contributed by atoms with van der Waals surface area (Å²) in [5.41, 5.74) is 0.348. The Balaban J connectivity index is 2.51. The average Bonchev–Trinajstić information content (AvgIpc) is 2.86. The van der Waals surface area contributed by atoms with Crippen molar-refractivity contribution in [2.45, 2.75) is 52.1 Å². The molecule has 1 aliphatic rings. The van der Waals surface area contributed by atoms with Crippen LogP contribution in [-0.2, 0) is 44.6 Å². The number of ether oxygens (including phenoxy) is 5. The second kappa shape index (κ2) is 13.4. The summed E-state index contributed by atoms with van der Waals surface area (Å²) in [5.74, 6) is -4.91. The fourth-order valence-electron chi connectivity index (χ4n) is 3.43. The van der Waals surface area contributed by atoms with Crippen molar-refractivity contribution < 1.29 is 52.5 Å². The Bertz CT molecular complexity index is 1030. The summed E-state index contributed by atoms with van der Waals surface area (Å²) in [7, 11) is 2.37. The molecular weight excluding hydrogens is 476 g/mol. The van der Waals surface area contributed by atoms with Gasteiger partial charge in [0.25, 0.3) is 5.78 Å². The number of fused-ring (bicyclic) bond motifs is 1. The zero-order chi connectivity index (χ0) is 26.8. The molecule has 0 aliphatic carbocycles. The maximum absolute atomic E-state index is 13.2. The van der Waals surface area contributed by atoms with Gasteiger partial charge in [0.05, 0.1) is 14.2 Å². The van der Waals surface area contributed by atoms with Crippen molar-refractivity contribution in [2.24, 2.45) is 5.92 Å². The minimum absolute atomic E-state index is 0.00952. The van der Waals surface area contributed by atoms with E-state index in [0.717, 1.165) is 0 Å². The van der Waals surface area contributed by atoms with Crippen LogP contribution in [0, 0.1) is 5.92 Å². The van der Waals surface area contributed by atoms with E-state index in [-0.39, 0.29) is 55.1 Å². The van der Waals surface area contributed by atoms with Crippen LogP contribution in [0.3, 0.4) is 0 Å². The molecule has 0 aromatic heterocycles. The van der Waals surface area contributed by atoms with Crippen LogP contribution in [0.25, 0.3) is 0 Å². The molecule has 1 aromatic rings. The first-order valence-corrected chi connectivity index (χ1v) is 11.4. The molecule has 0 radical (unpaired) electrons. The Labute approximate surface area is 208 Å². The fraction of sp³-hybridized carbons (Fsp3) is 0.520. The van der Waals surface area contributed by atoms with E-state index in [0.29, 0.717) is 5.56 Å². The number of carbonyl (C=O) groups is 6. The Morgan fingerprint density at radius 2 is 1.50 bits per heavy atom. The van der Waals surface area contributed by atoms with E-state index in [9.17, 15) is 28.8 Å². The zero-order valence-corrected chi connectivity index (χ0v) is 20.7. The summed E-state index contributed by atoms with van der Waals surface area (Å²) >= 11 is 0. The highest BCUT2D eigenvalue weighted by molar-refractivity contribution is 6.63. The minimum atomic E-state index is -1.04. The van der Waals surface area contributed by atoms with Crippen molar-refractivity contribution in [3.8, 4) is 11.5 Å². The first-order chi connectivity index (χ1) is 17.1. The molecule has 0 fully saturated rings. The number of methoxy groups -OCH3 is 2. The van der Waals surface area contributed by atoms with Crippen molar-refractivity contribution in [1.29, 1.82) is 0 Å². The molecule has 2 atom stereocenters. The first kappa shape index (κ1) is 28.5. The van der Waals surface area contributed by atoms with Crippen molar-refractivity contribution in [2.75, 3.05) is 27.4 Å². The van der Waals surface area contributed by atoms with Gasteiger partial charge in [-0.2, -0.15) is 0 Å². The number of hydrogen-bond acceptors (Lipinski definition) is 11. The predicted molar refractivity (Wildman–Crippen MR) is 123 cm³/mol. The maximum Gasteiger partial charge on any atom is 0.343 e. The van der Waals surface area contributed by atoms with Gasteiger partial charge in [-0.25, -0.2) is 14.4 Å². The lowest BCUT2D eigenvalue weighted by Gasteiger charge is -2.23. The van der Waals surface area contributed by atoms with Crippen LogP contribution < -0.4 is 9.47 Å². The van der Waals surface area contributed by atoms with E-state index in [1.807, 2.05) is 0 Å². The van der Waals surface area contributed by atoms with Gasteiger partial charge < -0.3 is 23.7 Å². The number of esters is 3. The molecule has 0 N–H and O–H groups in total. The van der Waals surface area contributed by atoms with E-state index in [1.165, 1.54) is 26.4 Å². The number of Topliss-reactive ketones (excluding diaryl/α,β-unsaturated/α-hetero) is 3. The van der Waals surface area contributed by atoms with Gasteiger partial charge >= 0.3 is 17.9 Å². The van der Waals surface area contributed by atoms with Crippen molar-refractivity contribution in [3.63, 3.8) is 0 Å². The van der Waals surface area contributed by atoms with Crippen molar-refractivity contribution in [1.82, 2.24) is 0 Å². The molecule has 11 heteroatoms. The maximum atomic E-state index is 13.2. The highest BCUT2D eigenvalue weighted by atomic mass is 16.6. The highest BCUT2D eigenvalue weighted by Crippen LogP contribution is 2.32. The van der Waals surface area contributed by atoms with Crippen LogP contribution in [0.15, 0.2) is 12.1 Å². The smallest absolute Gasteiger partial charge is 0.343 e. The van der Waals surface area contributed by atoms with Gasteiger partial charge in [0.2, 0.25) is 11.6 Å². The molecule has 196 valence electrons. The Morgan fingerprint density at radius 3 is 2.14 bits per heavy atom. The number of hydrogen-bond donors (Lipinski definition) is 0. The predicted octanol–water partition coefficient (Wildman–Crippen LogP) is 1.80. The molecule has 2 rings (SSSR count). The minimum Gasteiger partial charge on any atom is -0.482 e. The summed E-state index contributed by atoms with van der Waals surface area (Å²) in [6.45, 7) is 2.45. The Hall–Kier alpha value is -3.76. The number of carbonyl (C=O) groups excluding carboxylic acids is 6. The molecule has 0 unspecified atom stereocenters. The van der Waals surface area contributed by atoms with Crippen LogP contribution in [0.2, 0.25) is 0 Å². The highest BCUT2D eigenvalue weighted by Gasteiger charge is 2.28. The van der Waals surface area contributed by atoms with E-state index in [4.69, 9.17) is 14.2 Å². The lowest BCUT2D eigenvalue weighted by molar-refractivity contribution is -0.144. The molecule has 0 bridgehead atoms. The van der Waals surface area contributed by atoms with Crippen LogP contribution in [-0.4, -0.2) is 68.8 Å². The third-order valence-electron chi connectivity index (χ3n) is 5.80. The number of rotatable bonds is 6. The molecule has 1 heterocycles. The van der Waals surface area contributed by atoms with Crippen LogP contribution in [0.1, 0.15) is 55.5 Å². The van der Waals surface area contributed by atoms with E-state index >= 15 is 0 Å². The number of cyclic esters (lactones) is 1. The third-order valence-corrected chi connectivity index (χ3v) is 5.80. The van der Waals surface area contributed by atoms with Crippen LogP contribution >= 0.6 is 0 Å². The number of ketones is 3. The molecule has 0 saturated heterocycles. The fourth-order valence-corrected chi connectivity index (χ4v) is 3.43. The lowest BCUT2D eigenvalue weighted by Crippen LogP contribution is -2.28. The molecule has 0 spiro atoms. The van der Waals surface area contributed by atoms with Gasteiger partial charge in [-0.05, 0) is 43.7 Å². The summed E-state index contributed by atoms with van der Waals surface area (Å²) < 4.78 is 25.8. The van der Waals surface area contributed by atoms with Crippen molar-refractivity contribution in [3.05, 3.63) is 23.3 Å². The van der Waals surface area contributed by atoms with Gasteiger partial charge in [0.15, 0.2) is 13.2 Å². The molecule has 11 nitrogen and oxygen atoms in total. The van der Waals surface area contributed by atoms with E-state index in [1.54, 1.807) is 13.8 Å². The first-order valence-electron chi connectivity index (χ1n) is 11.4. The van der Waals surface area contributed by atoms with E-state index in [2.05, 4.69) is 9.47 Å². The largest absolute Gasteiger partial charge is 0.482 e. The summed E-state index contributed by atoms with van der Waals surface area (Å²) in [4.78, 5) is 73.0. The lowest BCUT2D eigenvalue weighted by atomic mass is 9.94. The van der Waals surface area contributed by atoms with Gasteiger partial charge in [-0.1, -0.05) is 6.92 Å². The van der Waals surface area contributed by atoms with E-state index < -0.39 is 54.6 Å². The normalized spacial score (nSPS) is 19.4. The Kier molecular flexibility index (Phi) is 10.6. The van der Waals surface area contributed by atoms with Gasteiger partial charge in [-0.3, -0.25) is 14.4 Å². The average molecular weight is 507 g/mol. The van der Waals surface area contributed by atoms with Crippen LogP contribution in [0.4, 0.5) is 0 Å². The van der Waals surface area contributed by atoms with Gasteiger partial charge in [0, 0.05) is 18.9 Å². The standard InChI is InChI=1S/C25H30O11/c1-14-8-9-19(27)24(30)18(26)7-5-6-16-10-17(34-12-21(28)32-3)11-20(35-13-22(29)33-4)23(16)25(31)36-15(14)2/h10-11,14-15H,5-9,12-13H2,1-4H3/t14-,15+/m1/s1. The molecule has 1 aliphatic heterocycles. The molecule has 1 aromatic carbocycles. The molecule has 36 heavy (non-hydrogen) atoms. The van der Waals surface area contributed by atoms with Crippen LogP contribution in [0.5, 0.6) is 11.5 Å².